The molecule has 0 aromatic heterocycles. The van der Waals surface area contributed by atoms with Crippen LogP contribution < -0.4 is 0 Å². The van der Waals surface area contributed by atoms with Crippen LogP contribution in [0, 0.1) is 5.92 Å². The fraction of sp³-hybridized carbons (Fsp3) is 0.556. The summed E-state index contributed by atoms with van der Waals surface area (Å²) < 4.78 is 0. The Balaban J connectivity index is 2.04. The predicted octanol–water partition coefficient (Wildman–Crippen LogP) is 2.67. The highest BCUT2D eigenvalue weighted by Gasteiger charge is 2.26. The maximum Gasteiger partial charge on any atom is -0.0102 e. The minimum Gasteiger partial charge on any atom is -0.0693 e. The number of hydrogen-bond acceptors (Lipinski definition) is 0. The summed E-state index contributed by atoms with van der Waals surface area (Å²) in [6.45, 7) is 2.21. The van der Waals surface area contributed by atoms with Crippen LogP contribution in [0.25, 0.3) is 0 Å². The van der Waals surface area contributed by atoms with Crippen LogP contribution in [0.15, 0.2) is 23.3 Å². The Hall–Kier alpha value is -0.520. The molecule has 0 aromatic rings. The van der Waals surface area contributed by atoms with Crippen molar-refractivity contribution in [1.29, 1.82) is 0 Å². The van der Waals surface area contributed by atoms with Gasteiger partial charge in [0.25, 0.3) is 0 Å². The molecule has 0 nitrogen and oxygen atoms in total. The molecule has 0 aliphatic heterocycles. The number of allylic oxidation sites excluding steroid dienone is 4. The summed E-state index contributed by atoms with van der Waals surface area (Å²) in [5, 5.41) is 0. The van der Waals surface area contributed by atoms with Crippen LogP contribution in [0.5, 0.6) is 0 Å². The van der Waals surface area contributed by atoms with E-state index in [0.717, 1.165) is 5.92 Å². The highest BCUT2D eigenvalue weighted by Crippen LogP contribution is 2.41. The minimum absolute atomic E-state index is 0.985. The number of rotatable bonds is 1. The zero-order chi connectivity index (χ0) is 6.27. The Morgan fingerprint density at radius 2 is 2.11 bits per heavy atom. The second-order valence-corrected chi connectivity index (χ2v) is 3.21. The van der Waals surface area contributed by atoms with Crippen LogP contribution in [0.4, 0.5) is 0 Å². The van der Waals surface area contributed by atoms with Gasteiger partial charge in [-0.3, -0.25) is 0 Å². The minimum atomic E-state index is 0.985. The van der Waals surface area contributed by atoms with Crippen molar-refractivity contribution in [2.24, 2.45) is 5.92 Å². The van der Waals surface area contributed by atoms with Crippen LogP contribution >= 0.6 is 0 Å². The highest BCUT2D eigenvalue weighted by molar-refractivity contribution is 5.32. The van der Waals surface area contributed by atoms with Gasteiger partial charge in [0.1, 0.15) is 0 Å². The third-order valence-corrected chi connectivity index (χ3v) is 2.17. The summed E-state index contributed by atoms with van der Waals surface area (Å²) in [5.41, 5.74) is 3.23. The van der Waals surface area contributed by atoms with Gasteiger partial charge in [0.05, 0.1) is 0 Å². The van der Waals surface area contributed by atoms with Gasteiger partial charge in [0, 0.05) is 0 Å². The molecule has 0 radical (unpaired) electrons. The molecule has 2 aliphatic carbocycles. The lowest BCUT2D eigenvalue weighted by Crippen LogP contribution is -1.80. The van der Waals surface area contributed by atoms with Crippen molar-refractivity contribution in [2.45, 2.75) is 26.2 Å². The van der Waals surface area contributed by atoms with Crippen molar-refractivity contribution in [1.82, 2.24) is 0 Å². The Morgan fingerprint density at radius 3 is 2.56 bits per heavy atom. The smallest absolute Gasteiger partial charge is 0.0102 e. The first-order chi connectivity index (χ1) is 4.36. The second kappa shape index (κ2) is 1.73. The molecular formula is C9H12. The van der Waals surface area contributed by atoms with Gasteiger partial charge in [-0.25, -0.2) is 0 Å². The molecule has 0 spiro atoms. The van der Waals surface area contributed by atoms with E-state index in [9.17, 15) is 0 Å². The second-order valence-electron chi connectivity index (χ2n) is 3.21. The third kappa shape index (κ3) is 0.937. The largest absolute Gasteiger partial charge is 0.0693 e. The zero-order valence-corrected chi connectivity index (χ0v) is 5.85. The number of hydrogen-bond donors (Lipinski definition) is 0. The molecule has 9 heavy (non-hydrogen) atoms. The standard InChI is InChI=1S/C9H12/c1-7-2-3-9(6-7)8-4-5-8/h2-3,8H,4-6H2,1H3. The van der Waals surface area contributed by atoms with E-state index >= 15 is 0 Å². The molecule has 0 unspecified atom stereocenters. The van der Waals surface area contributed by atoms with Crippen LogP contribution in [-0.2, 0) is 0 Å². The van der Waals surface area contributed by atoms with Gasteiger partial charge in [0.15, 0.2) is 0 Å². The molecular weight excluding hydrogens is 108 g/mol. The zero-order valence-electron chi connectivity index (χ0n) is 5.85. The SMILES string of the molecule is CC1=CC=C(C2CC2)C1. The molecule has 48 valence electrons. The van der Waals surface area contributed by atoms with Gasteiger partial charge in [-0.1, -0.05) is 23.3 Å². The van der Waals surface area contributed by atoms with Crippen LogP contribution in [-0.4, -0.2) is 0 Å². The topological polar surface area (TPSA) is 0 Å². The Morgan fingerprint density at radius 1 is 1.33 bits per heavy atom. The maximum atomic E-state index is 2.31. The summed E-state index contributed by atoms with van der Waals surface area (Å²) in [5.74, 6) is 0.985. The molecule has 0 bridgehead atoms. The van der Waals surface area contributed by atoms with E-state index in [1.54, 1.807) is 5.57 Å². The first-order valence-electron chi connectivity index (χ1n) is 3.72. The van der Waals surface area contributed by atoms with Crippen molar-refractivity contribution in [3.05, 3.63) is 23.3 Å². The summed E-state index contributed by atoms with van der Waals surface area (Å²) in [4.78, 5) is 0. The van der Waals surface area contributed by atoms with Crippen LogP contribution in [0.3, 0.4) is 0 Å². The van der Waals surface area contributed by atoms with E-state index in [1.807, 2.05) is 0 Å². The molecule has 1 saturated carbocycles. The van der Waals surface area contributed by atoms with E-state index in [-0.39, 0.29) is 0 Å². The van der Waals surface area contributed by atoms with E-state index in [1.165, 1.54) is 24.8 Å². The van der Waals surface area contributed by atoms with E-state index in [2.05, 4.69) is 19.1 Å². The van der Waals surface area contributed by atoms with Crippen molar-refractivity contribution in [3.63, 3.8) is 0 Å². The molecule has 1 fully saturated rings. The Labute approximate surface area is 56.3 Å². The van der Waals surface area contributed by atoms with Gasteiger partial charge in [0.2, 0.25) is 0 Å². The van der Waals surface area contributed by atoms with Crippen molar-refractivity contribution in [2.75, 3.05) is 0 Å². The van der Waals surface area contributed by atoms with Crippen LogP contribution in [0.1, 0.15) is 26.2 Å². The third-order valence-electron chi connectivity index (χ3n) is 2.17. The molecule has 0 heteroatoms. The van der Waals surface area contributed by atoms with Crippen LogP contribution in [0.2, 0.25) is 0 Å². The van der Waals surface area contributed by atoms with E-state index in [0.29, 0.717) is 0 Å². The molecule has 2 aliphatic rings. The molecule has 0 aromatic carbocycles. The normalized spacial score (nSPS) is 25.9. The Kier molecular flexibility index (Phi) is 1.01. The average molecular weight is 120 g/mol. The molecule has 2 rings (SSSR count). The first kappa shape index (κ1) is 5.28. The van der Waals surface area contributed by atoms with Gasteiger partial charge >= 0.3 is 0 Å². The molecule has 0 atom stereocenters. The van der Waals surface area contributed by atoms with Gasteiger partial charge in [-0.15, -0.1) is 0 Å². The predicted molar refractivity (Wildman–Crippen MR) is 39.2 cm³/mol. The fourth-order valence-electron chi connectivity index (χ4n) is 1.42. The molecule has 0 N–H and O–H groups in total. The summed E-state index contributed by atoms with van der Waals surface area (Å²) >= 11 is 0. The van der Waals surface area contributed by atoms with Gasteiger partial charge < -0.3 is 0 Å². The van der Waals surface area contributed by atoms with Gasteiger partial charge in [-0.2, -0.15) is 0 Å². The lowest BCUT2D eigenvalue weighted by Gasteiger charge is -1.96. The van der Waals surface area contributed by atoms with Crippen molar-refractivity contribution < 1.29 is 0 Å². The lowest BCUT2D eigenvalue weighted by atomic mass is 10.1. The maximum absolute atomic E-state index is 2.31. The summed E-state index contributed by atoms with van der Waals surface area (Å²) in [6, 6.07) is 0. The van der Waals surface area contributed by atoms with Crippen molar-refractivity contribution in [3.8, 4) is 0 Å². The quantitative estimate of drug-likeness (QED) is 0.499. The van der Waals surface area contributed by atoms with Crippen molar-refractivity contribution >= 4 is 0 Å². The molecule has 0 amide bonds. The molecule has 0 saturated heterocycles. The first-order valence-corrected chi connectivity index (χ1v) is 3.72. The highest BCUT2D eigenvalue weighted by atomic mass is 14.3. The summed E-state index contributed by atoms with van der Waals surface area (Å²) in [7, 11) is 0. The van der Waals surface area contributed by atoms with Gasteiger partial charge in [-0.05, 0) is 32.1 Å². The summed E-state index contributed by atoms with van der Waals surface area (Å²) in [6.07, 6.45) is 8.74. The fourth-order valence-corrected chi connectivity index (χ4v) is 1.42. The van der Waals surface area contributed by atoms with E-state index < -0.39 is 0 Å². The lowest BCUT2D eigenvalue weighted by molar-refractivity contribution is 0.944. The monoisotopic (exact) mass is 120 g/mol. The Bertz CT molecular complexity index is 180. The van der Waals surface area contributed by atoms with E-state index in [4.69, 9.17) is 0 Å². The average Bonchev–Trinajstić information content (AvgIpc) is 2.58. The molecule has 0 heterocycles.